The number of aromatic amines is 2. The lowest BCUT2D eigenvalue weighted by Gasteiger charge is -2.26. The predicted octanol–water partition coefficient (Wildman–Crippen LogP) is 1.80. The highest BCUT2D eigenvalue weighted by Crippen LogP contribution is 2.30. The summed E-state index contributed by atoms with van der Waals surface area (Å²) in [5, 5.41) is 7.98. The fourth-order valence-corrected chi connectivity index (χ4v) is 4.78. The smallest absolute Gasteiger partial charge is 0.256 e. The molecule has 37 heavy (non-hydrogen) atoms. The molecule has 188 valence electrons. The van der Waals surface area contributed by atoms with E-state index in [-0.39, 0.29) is 5.91 Å². The fraction of sp³-hybridized carbons (Fsp3) is 0.217. The van der Waals surface area contributed by atoms with Crippen LogP contribution in [-0.4, -0.2) is 86.9 Å². The lowest BCUT2D eigenvalue weighted by atomic mass is 10.1. The Morgan fingerprint density at radius 1 is 1.08 bits per heavy atom. The number of morpholine rings is 1. The molecule has 0 unspecified atom stereocenters. The van der Waals surface area contributed by atoms with Gasteiger partial charge in [0, 0.05) is 42.8 Å². The molecule has 1 saturated heterocycles. The number of carbonyl (C=O) groups excluding carboxylic acids is 1. The van der Waals surface area contributed by atoms with Crippen molar-refractivity contribution >= 4 is 43.8 Å². The number of aromatic nitrogens is 7. The Morgan fingerprint density at radius 2 is 1.89 bits per heavy atom. The van der Waals surface area contributed by atoms with Crippen molar-refractivity contribution in [1.82, 2.24) is 40.0 Å². The number of sulfonamides is 1. The lowest BCUT2D eigenvalue weighted by Crippen LogP contribution is -2.40. The molecule has 14 heteroatoms. The highest BCUT2D eigenvalue weighted by molar-refractivity contribution is 7.92. The maximum absolute atomic E-state index is 13.1. The quantitative estimate of drug-likeness (QED) is 0.313. The molecule has 6 heterocycles. The summed E-state index contributed by atoms with van der Waals surface area (Å²) in [5.41, 5.74) is 4.14. The van der Waals surface area contributed by atoms with Gasteiger partial charge in [-0.25, -0.2) is 23.4 Å². The molecule has 1 aliphatic rings. The average Bonchev–Trinajstić information content (AvgIpc) is 3.51. The second-order valence-electron chi connectivity index (χ2n) is 8.57. The van der Waals surface area contributed by atoms with Gasteiger partial charge in [0.05, 0.1) is 42.3 Å². The number of nitrogens with zero attached hydrogens (tertiary/aromatic N) is 6. The van der Waals surface area contributed by atoms with Crippen molar-refractivity contribution in [3.63, 3.8) is 0 Å². The Morgan fingerprint density at radius 3 is 2.70 bits per heavy atom. The highest BCUT2D eigenvalue weighted by Gasteiger charge is 2.23. The van der Waals surface area contributed by atoms with Crippen LogP contribution in [0.15, 0.2) is 43.0 Å². The van der Waals surface area contributed by atoms with Crippen LogP contribution in [0.4, 0.5) is 5.69 Å². The molecule has 0 radical (unpaired) electrons. The van der Waals surface area contributed by atoms with Gasteiger partial charge < -0.3 is 14.6 Å². The van der Waals surface area contributed by atoms with Crippen LogP contribution >= 0.6 is 0 Å². The van der Waals surface area contributed by atoms with E-state index in [1.165, 1.54) is 6.20 Å². The number of hydrogen-bond acceptors (Lipinski definition) is 9. The first-order valence-corrected chi connectivity index (χ1v) is 13.2. The van der Waals surface area contributed by atoms with Gasteiger partial charge in [-0.1, -0.05) is 0 Å². The summed E-state index contributed by atoms with van der Waals surface area (Å²) in [6, 6.07) is 5.20. The predicted molar refractivity (Wildman–Crippen MR) is 135 cm³/mol. The molecule has 0 spiro atoms. The number of nitrogens with one attached hydrogen (secondary N) is 3. The summed E-state index contributed by atoms with van der Waals surface area (Å²) >= 11 is 0. The summed E-state index contributed by atoms with van der Waals surface area (Å²) in [6.07, 6.45) is 7.34. The van der Waals surface area contributed by atoms with E-state index in [0.29, 0.717) is 82.4 Å². The molecule has 1 aliphatic heterocycles. The van der Waals surface area contributed by atoms with Gasteiger partial charge in [-0.3, -0.25) is 19.6 Å². The lowest BCUT2D eigenvalue weighted by molar-refractivity contribution is 0.0304. The second-order valence-corrected chi connectivity index (χ2v) is 10.3. The number of ether oxygens (including phenoxy) is 1. The van der Waals surface area contributed by atoms with E-state index in [1.54, 1.807) is 35.6 Å². The van der Waals surface area contributed by atoms with Crippen molar-refractivity contribution in [3.05, 3.63) is 48.5 Å². The van der Waals surface area contributed by atoms with Crippen molar-refractivity contribution in [1.29, 1.82) is 0 Å². The minimum absolute atomic E-state index is 0.125. The maximum Gasteiger partial charge on any atom is 0.256 e. The van der Waals surface area contributed by atoms with Crippen LogP contribution in [0.3, 0.4) is 0 Å². The molecule has 0 atom stereocenters. The van der Waals surface area contributed by atoms with Crippen LogP contribution in [0.5, 0.6) is 0 Å². The Kier molecular flexibility index (Phi) is 5.53. The van der Waals surface area contributed by atoms with Crippen molar-refractivity contribution in [2.45, 2.75) is 0 Å². The first-order valence-electron chi connectivity index (χ1n) is 11.4. The molecule has 5 aromatic rings. The normalized spacial score (nSPS) is 14.4. The number of pyridine rings is 3. The van der Waals surface area contributed by atoms with Gasteiger partial charge in [0.1, 0.15) is 11.2 Å². The molecule has 0 saturated carbocycles. The summed E-state index contributed by atoms with van der Waals surface area (Å²) in [6.45, 7) is 2.05. The average molecular weight is 520 g/mol. The molecule has 0 aromatic carbocycles. The Labute approximate surface area is 210 Å². The van der Waals surface area contributed by atoms with Crippen molar-refractivity contribution in [2.75, 3.05) is 37.3 Å². The van der Waals surface area contributed by atoms with E-state index in [1.807, 2.05) is 6.07 Å². The number of carbonyl (C=O) groups is 1. The Hall–Kier alpha value is -4.43. The van der Waals surface area contributed by atoms with Gasteiger partial charge >= 0.3 is 0 Å². The zero-order valence-electron chi connectivity index (χ0n) is 19.6. The molecular weight excluding hydrogens is 498 g/mol. The molecule has 6 rings (SSSR count). The van der Waals surface area contributed by atoms with Crippen LogP contribution < -0.4 is 4.72 Å². The number of anilines is 1. The van der Waals surface area contributed by atoms with Crippen LogP contribution in [0.25, 0.3) is 44.8 Å². The van der Waals surface area contributed by atoms with Gasteiger partial charge in [-0.05, 0) is 18.2 Å². The third kappa shape index (κ3) is 4.47. The summed E-state index contributed by atoms with van der Waals surface area (Å²) in [4.78, 5) is 35.7. The van der Waals surface area contributed by atoms with Crippen LogP contribution in [0.2, 0.25) is 0 Å². The Bertz CT molecular complexity index is 1760. The summed E-state index contributed by atoms with van der Waals surface area (Å²) in [5.74, 6) is 0.306. The van der Waals surface area contributed by atoms with Crippen LogP contribution in [0.1, 0.15) is 10.4 Å². The number of imidazole rings is 1. The van der Waals surface area contributed by atoms with Gasteiger partial charge in [0.25, 0.3) is 5.91 Å². The third-order valence-corrected chi connectivity index (χ3v) is 6.54. The van der Waals surface area contributed by atoms with Crippen LogP contribution in [0, 0.1) is 0 Å². The first kappa shape index (κ1) is 23.0. The summed E-state index contributed by atoms with van der Waals surface area (Å²) < 4.78 is 31.0. The SMILES string of the molecule is CS(=O)(=O)Nc1cncc(-c2cnc3[nH]nc(-c4nc5c(C(=O)N6CCOCC6)ccnc5[nH]4)c3c2)c1. The second kappa shape index (κ2) is 8.90. The molecule has 13 nitrogen and oxygen atoms in total. The summed E-state index contributed by atoms with van der Waals surface area (Å²) in [7, 11) is -3.45. The number of rotatable bonds is 5. The monoisotopic (exact) mass is 519 g/mol. The molecular formula is C23H21N9O4S. The number of hydrogen-bond donors (Lipinski definition) is 3. The van der Waals surface area contributed by atoms with Gasteiger partial charge in [-0.2, -0.15) is 5.10 Å². The largest absolute Gasteiger partial charge is 0.378 e. The minimum atomic E-state index is -3.45. The van der Waals surface area contributed by atoms with Crippen molar-refractivity contribution in [2.24, 2.45) is 0 Å². The first-order chi connectivity index (χ1) is 17.9. The zero-order chi connectivity index (χ0) is 25.6. The zero-order valence-corrected chi connectivity index (χ0v) is 20.4. The van der Waals surface area contributed by atoms with Gasteiger partial charge in [0.2, 0.25) is 10.0 Å². The minimum Gasteiger partial charge on any atom is -0.378 e. The maximum atomic E-state index is 13.1. The number of amides is 1. The van der Waals surface area contributed by atoms with E-state index in [0.717, 1.165) is 6.26 Å². The van der Waals surface area contributed by atoms with Crippen LogP contribution in [-0.2, 0) is 14.8 Å². The number of H-pyrrole nitrogens is 2. The van der Waals surface area contributed by atoms with E-state index in [2.05, 4.69) is 39.8 Å². The molecule has 0 bridgehead atoms. The van der Waals surface area contributed by atoms with E-state index >= 15 is 0 Å². The third-order valence-electron chi connectivity index (χ3n) is 5.93. The molecule has 0 aliphatic carbocycles. The van der Waals surface area contributed by atoms with Crippen molar-refractivity contribution in [3.8, 4) is 22.6 Å². The van der Waals surface area contributed by atoms with Crippen molar-refractivity contribution < 1.29 is 17.9 Å². The highest BCUT2D eigenvalue weighted by atomic mass is 32.2. The number of fused-ring (bicyclic) bond motifs is 2. The molecule has 1 amide bonds. The molecule has 1 fully saturated rings. The molecule has 3 N–H and O–H groups in total. The van der Waals surface area contributed by atoms with Gasteiger partial charge in [-0.15, -0.1) is 0 Å². The fourth-order valence-electron chi connectivity index (χ4n) is 4.24. The Balaban J connectivity index is 1.39. The standard InChI is InChI=1S/C23H21N9O4S/c1-37(34,35)31-15-8-13(10-24-12-15)14-9-17-19(29-30-20(17)26-11-14)22-27-18-16(2-3-25-21(18)28-22)23(33)32-4-6-36-7-5-32/h2-3,8-12,31H,4-7H2,1H3,(H,25,27,28)(H,26,29,30). The van der Waals surface area contributed by atoms with Gasteiger partial charge in [0.15, 0.2) is 17.1 Å². The topological polar surface area (TPSA) is 172 Å². The van der Waals surface area contributed by atoms with E-state index < -0.39 is 10.0 Å². The molecule has 5 aromatic heterocycles. The van der Waals surface area contributed by atoms with E-state index in [4.69, 9.17) is 4.74 Å². The van der Waals surface area contributed by atoms with E-state index in [9.17, 15) is 13.2 Å².